The molecule has 0 spiro atoms. The smallest absolute Gasteiger partial charge is 0.248 e. The maximum Gasteiger partial charge on any atom is 0.248 e. The lowest BCUT2D eigenvalue weighted by molar-refractivity contribution is -0.111. The maximum absolute atomic E-state index is 12.1. The SMILES string of the molecule is COc1cc(Cl)c(NC(=O)/C=C/c2c(Cl)cccc2Cl)cc1OC. The van der Waals surface area contributed by atoms with Crippen molar-refractivity contribution >= 4 is 52.5 Å². The maximum atomic E-state index is 12.1. The summed E-state index contributed by atoms with van der Waals surface area (Å²) in [5.41, 5.74) is 0.962. The van der Waals surface area contributed by atoms with Gasteiger partial charge in [-0.25, -0.2) is 0 Å². The molecule has 0 heterocycles. The van der Waals surface area contributed by atoms with Crippen molar-refractivity contribution in [2.24, 2.45) is 0 Å². The normalized spacial score (nSPS) is 10.7. The Kier molecular flexibility index (Phi) is 6.37. The molecule has 0 radical (unpaired) electrons. The molecule has 0 bridgehead atoms. The van der Waals surface area contributed by atoms with E-state index in [0.717, 1.165) is 0 Å². The zero-order valence-corrected chi connectivity index (χ0v) is 15.2. The van der Waals surface area contributed by atoms with E-state index in [4.69, 9.17) is 44.3 Å². The van der Waals surface area contributed by atoms with Gasteiger partial charge < -0.3 is 14.8 Å². The van der Waals surface area contributed by atoms with E-state index in [9.17, 15) is 4.79 Å². The summed E-state index contributed by atoms with van der Waals surface area (Å²) in [6.45, 7) is 0. The van der Waals surface area contributed by atoms with Crippen LogP contribution in [-0.4, -0.2) is 20.1 Å². The Morgan fingerprint density at radius 3 is 2.17 bits per heavy atom. The Morgan fingerprint density at radius 1 is 1.00 bits per heavy atom. The van der Waals surface area contributed by atoms with E-state index in [0.29, 0.717) is 37.8 Å². The van der Waals surface area contributed by atoms with Crippen molar-refractivity contribution in [3.05, 3.63) is 57.0 Å². The molecule has 0 saturated carbocycles. The number of hydrogen-bond donors (Lipinski definition) is 1. The van der Waals surface area contributed by atoms with Crippen molar-refractivity contribution in [2.45, 2.75) is 0 Å². The largest absolute Gasteiger partial charge is 0.493 e. The summed E-state index contributed by atoms with van der Waals surface area (Å²) < 4.78 is 10.3. The summed E-state index contributed by atoms with van der Waals surface area (Å²) in [4.78, 5) is 12.1. The van der Waals surface area contributed by atoms with Crippen LogP contribution in [0.3, 0.4) is 0 Å². The second kappa shape index (κ2) is 8.29. The zero-order chi connectivity index (χ0) is 17.7. The van der Waals surface area contributed by atoms with Crippen molar-refractivity contribution in [3.63, 3.8) is 0 Å². The molecule has 0 aliphatic heterocycles. The lowest BCUT2D eigenvalue weighted by atomic mass is 10.2. The highest BCUT2D eigenvalue weighted by molar-refractivity contribution is 6.37. The van der Waals surface area contributed by atoms with Gasteiger partial charge in [-0.15, -0.1) is 0 Å². The van der Waals surface area contributed by atoms with Gasteiger partial charge in [0.2, 0.25) is 5.91 Å². The summed E-state index contributed by atoms with van der Waals surface area (Å²) >= 11 is 18.2. The molecule has 24 heavy (non-hydrogen) atoms. The Labute approximate surface area is 154 Å². The van der Waals surface area contributed by atoms with Crippen LogP contribution in [-0.2, 0) is 4.79 Å². The molecule has 0 atom stereocenters. The number of nitrogens with one attached hydrogen (secondary N) is 1. The van der Waals surface area contributed by atoms with Gasteiger partial charge in [-0.3, -0.25) is 4.79 Å². The van der Waals surface area contributed by atoms with Gasteiger partial charge in [0.05, 0.1) is 24.9 Å². The second-order valence-electron chi connectivity index (χ2n) is 4.64. The van der Waals surface area contributed by atoms with E-state index in [2.05, 4.69) is 5.32 Å². The van der Waals surface area contributed by atoms with Crippen molar-refractivity contribution in [1.29, 1.82) is 0 Å². The molecule has 4 nitrogen and oxygen atoms in total. The number of anilines is 1. The summed E-state index contributed by atoms with van der Waals surface area (Å²) in [6.07, 6.45) is 2.86. The van der Waals surface area contributed by atoms with E-state index in [1.54, 1.807) is 30.3 Å². The molecular weight excluding hydrogens is 373 g/mol. The summed E-state index contributed by atoms with van der Waals surface area (Å²) in [5, 5.41) is 3.90. The van der Waals surface area contributed by atoms with Crippen LogP contribution in [0.1, 0.15) is 5.56 Å². The summed E-state index contributed by atoms with van der Waals surface area (Å²) in [7, 11) is 3.00. The third kappa shape index (κ3) is 4.35. The second-order valence-corrected chi connectivity index (χ2v) is 5.87. The number of methoxy groups -OCH3 is 2. The summed E-state index contributed by atoms with van der Waals surface area (Å²) in [5.74, 6) is 0.536. The van der Waals surface area contributed by atoms with Crippen LogP contribution in [0.15, 0.2) is 36.4 Å². The molecule has 1 amide bonds. The van der Waals surface area contributed by atoms with E-state index in [-0.39, 0.29) is 5.91 Å². The van der Waals surface area contributed by atoms with Crippen molar-refractivity contribution in [3.8, 4) is 11.5 Å². The van der Waals surface area contributed by atoms with Gasteiger partial charge in [0, 0.05) is 33.8 Å². The first-order chi connectivity index (χ1) is 11.5. The fourth-order valence-electron chi connectivity index (χ4n) is 1.95. The van der Waals surface area contributed by atoms with Crippen molar-refractivity contribution < 1.29 is 14.3 Å². The first-order valence-electron chi connectivity index (χ1n) is 6.81. The van der Waals surface area contributed by atoms with Gasteiger partial charge in [0.1, 0.15) is 0 Å². The Bertz CT molecular complexity index is 771. The first-order valence-corrected chi connectivity index (χ1v) is 7.94. The number of halogens is 3. The number of benzene rings is 2. The molecule has 0 aliphatic carbocycles. The lowest BCUT2D eigenvalue weighted by Crippen LogP contribution is -2.08. The standard InChI is InChI=1S/C17H14Cl3NO3/c1-23-15-8-13(20)14(9-16(15)24-2)21-17(22)7-6-10-11(18)4-3-5-12(10)19/h3-9H,1-2H3,(H,21,22)/b7-6+. The molecule has 2 aromatic carbocycles. The monoisotopic (exact) mass is 385 g/mol. The van der Waals surface area contributed by atoms with Gasteiger partial charge in [-0.1, -0.05) is 40.9 Å². The van der Waals surface area contributed by atoms with Gasteiger partial charge in [0.25, 0.3) is 0 Å². The Morgan fingerprint density at radius 2 is 1.58 bits per heavy atom. The highest BCUT2D eigenvalue weighted by atomic mass is 35.5. The molecule has 126 valence electrons. The molecule has 0 aliphatic rings. The lowest BCUT2D eigenvalue weighted by Gasteiger charge is -2.11. The fourth-order valence-corrected chi connectivity index (χ4v) is 2.68. The van der Waals surface area contributed by atoms with Gasteiger partial charge in [0.15, 0.2) is 11.5 Å². The Balaban J connectivity index is 2.20. The van der Waals surface area contributed by atoms with Gasteiger partial charge >= 0.3 is 0 Å². The van der Waals surface area contributed by atoms with Crippen LogP contribution in [0.2, 0.25) is 15.1 Å². The molecule has 2 aromatic rings. The zero-order valence-electron chi connectivity index (χ0n) is 12.9. The van der Waals surface area contributed by atoms with E-state index in [1.807, 2.05) is 0 Å². The van der Waals surface area contributed by atoms with Crippen molar-refractivity contribution in [2.75, 3.05) is 19.5 Å². The Hall–Kier alpha value is -1.88. The molecule has 0 unspecified atom stereocenters. The van der Waals surface area contributed by atoms with E-state index < -0.39 is 0 Å². The van der Waals surface area contributed by atoms with Crippen LogP contribution in [0.4, 0.5) is 5.69 Å². The first kappa shape index (κ1) is 18.5. The predicted molar refractivity (Wildman–Crippen MR) is 98.7 cm³/mol. The van der Waals surface area contributed by atoms with Crippen LogP contribution in [0.5, 0.6) is 11.5 Å². The highest BCUT2D eigenvalue weighted by Gasteiger charge is 2.11. The van der Waals surface area contributed by atoms with Crippen LogP contribution in [0, 0.1) is 0 Å². The fraction of sp³-hybridized carbons (Fsp3) is 0.118. The van der Waals surface area contributed by atoms with Crippen molar-refractivity contribution in [1.82, 2.24) is 0 Å². The third-order valence-electron chi connectivity index (χ3n) is 3.13. The van der Waals surface area contributed by atoms with E-state index in [1.165, 1.54) is 26.4 Å². The number of hydrogen-bond acceptors (Lipinski definition) is 3. The molecule has 0 fully saturated rings. The van der Waals surface area contributed by atoms with E-state index >= 15 is 0 Å². The number of amides is 1. The van der Waals surface area contributed by atoms with Crippen LogP contribution in [0.25, 0.3) is 6.08 Å². The minimum atomic E-state index is -0.389. The number of carbonyl (C=O) groups is 1. The molecule has 0 aromatic heterocycles. The predicted octanol–water partition coefficient (Wildman–Crippen LogP) is 5.32. The molecule has 0 saturated heterocycles. The van der Waals surface area contributed by atoms with Crippen LogP contribution >= 0.6 is 34.8 Å². The van der Waals surface area contributed by atoms with Crippen LogP contribution < -0.4 is 14.8 Å². The minimum absolute atomic E-state index is 0.324. The average Bonchev–Trinajstić information content (AvgIpc) is 2.55. The average molecular weight is 387 g/mol. The molecule has 2 rings (SSSR count). The molecule has 1 N–H and O–H groups in total. The highest BCUT2D eigenvalue weighted by Crippen LogP contribution is 2.36. The number of rotatable bonds is 5. The topological polar surface area (TPSA) is 47.6 Å². The van der Waals surface area contributed by atoms with Gasteiger partial charge in [-0.2, -0.15) is 0 Å². The number of carbonyl (C=O) groups excluding carboxylic acids is 1. The molecule has 7 heteroatoms. The van der Waals surface area contributed by atoms with Gasteiger partial charge in [-0.05, 0) is 18.2 Å². The molecular formula is C17H14Cl3NO3. The quantitative estimate of drug-likeness (QED) is 0.708. The third-order valence-corrected chi connectivity index (χ3v) is 4.10. The minimum Gasteiger partial charge on any atom is -0.493 e. The number of ether oxygens (including phenoxy) is 2. The summed E-state index contributed by atoms with van der Waals surface area (Å²) in [6, 6.07) is 8.25.